The minimum absolute atomic E-state index is 0.0571. The highest BCUT2D eigenvalue weighted by molar-refractivity contribution is 9.10. The first-order valence-corrected chi connectivity index (χ1v) is 14.8. The lowest BCUT2D eigenvalue weighted by Gasteiger charge is -2.33. The summed E-state index contributed by atoms with van der Waals surface area (Å²) in [7, 11) is -4.10. The van der Waals surface area contributed by atoms with Crippen molar-refractivity contribution in [3.05, 3.63) is 93.9 Å². The van der Waals surface area contributed by atoms with Crippen molar-refractivity contribution in [2.75, 3.05) is 10.8 Å². The van der Waals surface area contributed by atoms with Gasteiger partial charge < -0.3 is 10.2 Å². The van der Waals surface area contributed by atoms with Gasteiger partial charge in [0.25, 0.3) is 10.0 Å². The van der Waals surface area contributed by atoms with Crippen LogP contribution in [-0.4, -0.2) is 43.8 Å². The lowest BCUT2D eigenvalue weighted by atomic mass is 10.1. The number of rotatable bonds is 11. The topological polar surface area (TPSA) is 86.8 Å². The molecule has 202 valence electrons. The molecule has 0 saturated heterocycles. The Morgan fingerprint density at radius 2 is 1.63 bits per heavy atom. The van der Waals surface area contributed by atoms with Crippen LogP contribution in [0.1, 0.15) is 32.8 Å². The number of carbonyl (C=O) groups excluding carboxylic acids is 2. The molecule has 7 nitrogen and oxygen atoms in total. The van der Waals surface area contributed by atoms with Crippen LogP contribution in [0.15, 0.2) is 88.2 Å². The molecule has 0 aliphatic carbocycles. The molecule has 0 saturated carbocycles. The molecule has 38 heavy (non-hydrogen) atoms. The number of hydrogen-bond donors (Lipinski definition) is 1. The molecule has 0 fully saturated rings. The fraction of sp³-hybridized carbons (Fsp3) is 0.286. The minimum Gasteiger partial charge on any atom is -0.352 e. The molecule has 0 aliphatic rings. The summed E-state index contributed by atoms with van der Waals surface area (Å²) in [6.45, 7) is 5.12. The molecule has 1 atom stereocenters. The SMILES string of the molecule is CC[C@H](C(=O)NC(C)C)N(Cc1ccc(Cl)cc1)C(=O)CN(c1cccc(Br)c1)S(=O)(=O)c1ccccc1. The van der Waals surface area contributed by atoms with Gasteiger partial charge in [0.2, 0.25) is 11.8 Å². The zero-order valence-corrected chi connectivity index (χ0v) is 24.6. The number of anilines is 1. The maximum atomic E-state index is 14.0. The van der Waals surface area contributed by atoms with Crippen molar-refractivity contribution in [3.63, 3.8) is 0 Å². The van der Waals surface area contributed by atoms with E-state index in [4.69, 9.17) is 11.6 Å². The van der Waals surface area contributed by atoms with Gasteiger partial charge in [0.05, 0.1) is 10.6 Å². The minimum atomic E-state index is -4.10. The van der Waals surface area contributed by atoms with E-state index in [-0.39, 0.29) is 23.4 Å². The van der Waals surface area contributed by atoms with Gasteiger partial charge in [0.15, 0.2) is 0 Å². The van der Waals surface area contributed by atoms with E-state index in [1.807, 2.05) is 20.8 Å². The van der Waals surface area contributed by atoms with Gasteiger partial charge >= 0.3 is 0 Å². The Morgan fingerprint density at radius 1 is 0.974 bits per heavy atom. The summed E-state index contributed by atoms with van der Waals surface area (Å²) in [6, 6.07) is 20.8. The van der Waals surface area contributed by atoms with Crippen LogP contribution in [0.5, 0.6) is 0 Å². The Morgan fingerprint density at radius 3 is 2.21 bits per heavy atom. The van der Waals surface area contributed by atoms with E-state index in [9.17, 15) is 18.0 Å². The van der Waals surface area contributed by atoms with Crippen molar-refractivity contribution < 1.29 is 18.0 Å². The number of halogens is 2. The van der Waals surface area contributed by atoms with Crippen molar-refractivity contribution in [2.45, 2.75) is 50.7 Å². The molecular formula is C28H31BrClN3O4S. The molecule has 0 unspecified atom stereocenters. The highest BCUT2D eigenvalue weighted by Gasteiger charge is 2.33. The van der Waals surface area contributed by atoms with Gasteiger partial charge in [-0.05, 0) is 68.3 Å². The average molecular weight is 621 g/mol. The van der Waals surface area contributed by atoms with Gasteiger partial charge in [-0.3, -0.25) is 13.9 Å². The van der Waals surface area contributed by atoms with Crippen molar-refractivity contribution >= 4 is 55.1 Å². The monoisotopic (exact) mass is 619 g/mol. The molecule has 3 aromatic carbocycles. The van der Waals surface area contributed by atoms with E-state index in [0.29, 0.717) is 21.6 Å². The summed E-state index contributed by atoms with van der Waals surface area (Å²) in [5, 5.41) is 3.43. The largest absolute Gasteiger partial charge is 0.352 e. The zero-order valence-electron chi connectivity index (χ0n) is 21.5. The fourth-order valence-electron chi connectivity index (χ4n) is 3.97. The Balaban J connectivity index is 2.05. The van der Waals surface area contributed by atoms with Crippen LogP contribution >= 0.6 is 27.5 Å². The molecule has 3 aromatic rings. The van der Waals surface area contributed by atoms with E-state index in [1.54, 1.807) is 66.7 Å². The maximum absolute atomic E-state index is 14.0. The Bertz CT molecular complexity index is 1350. The molecule has 0 bridgehead atoms. The lowest BCUT2D eigenvalue weighted by Crippen LogP contribution is -2.53. The third kappa shape index (κ3) is 7.58. The Kier molecular flexibility index (Phi) is 10.4. The smallest absolute Gasteiger partial charge is 0.264 e. The van der Waals surface area contributed by atoms with Gasteiger partial charge in [0.1, 0.15) is 12.6 Å². The standard InChI is InChI=1S/C28H31BrClN3O4S/c1-4-26(28(35)31-20(2)3)32(18-21-13-15-23(30)16-14-21)27(34)19-33(24-10-8-9-22(29)17-24)38(36,37)25-11-6-5-7-12-25/h5-17,20,26H,4,18-19H2,1-3H3,(H,31,35)/t26-/m1/s1. The highest BCUT2D eigenvalue weighted by Crippen LogP contribution is 2.27. The second-order valence-corrected chi connectivity index (χ2v) is 12.3. The van der Waals surface area contributed by atoms with Crippen LogP contribution in [0.3, 0.4) is 0 Å². The predicted octanol–water partition coefficient (Wildman–Crippen LogP) is 5.63. The molecule has 2 amide bonds. The molecular weight excluding hydrogens is 590 g/mol. The van der Waals surface area contributed by atoms with Crippen LogP contribution < -0.4 is 9.62 Å². The molecule has 0 heterocycles. The zero-order chi connectivity index (χ0) is 27.9. The number of sulfonamides is 1. The predicted molar refractivity (Wildman–Crippen MR) is 154 cm³/mol. The number of nitrogens with zero attached hydrogens (tertiary/aromatic N) is 2. The van der Waals surface area contributed by atoms with Gasteiger partial charge in [-0.2, -0.15) is 0 Å². The van der Waals surface area contributed by atoms with Crippen molar-refractivity contribution in [3.8, 4) is 0 Å². The molecule has 0 aliphatic heterocycles. The first-order chi connectivity index (χ1) is 18.0. The van der Waals surface area contributed by atoms with Gasteiger partial charge in [-0.15, -0.1) is 0 Å². The van der Waals surface area contributed by atoms with Gasteiger partial charge in [-0.25, -0.2) is 8.42 Å². The maximum Gasteiger partial charge on any atom is 0.264 e. The van der Waals surface area contributed by atoms with Crippen LogP contribution in [0.4, 0.5) is 5.69 Å². The Labute approximate surface area is 238 Å². The van der Waals surface area contributed by atoms with Crippen molar-refractivity contribution in [1.82, 2.24) is 10.2 Å². The Hall–Kier alpha value is -2.88. The first-order valence-electron chi connectivity index (χ1n) is 12.2. The molecule has 0 aromatic heterocycles. The third-order valence-corrected chi connectivity index (χ3v) is 8.32. The molecule has 10 heteroatoms. The quantitative estimate of drug-likeness (QED) is 0.301. The van der Waals surface area contributed by atoms with E-state index in [0.717, 1.165) is 9.87 Å². The van der Waals surface area contributed by atoms with Gasteiger partial charge in [-0.1, -0.05) is 70.9 Å². The highest BCUT2D eigenvalue weighted by atomic mass is 79.9. The van der Waals surface area contributed by atoms with E-state index >= 15 is 0 Å². The van der Waals surface area contributed by atoms with Crippen molar-refractivity contribution in [1.29, 1.82) is 0 Å². The first kappa shape index (κ1) is 29.7. The van der Waals surface area contributed by atoms with Gasteiger partial charge in [0, 0.05) is 22.1 Å². The number of nitrogens with one attached hydrogen (secondary N) is 1. The molecule has 0 spiro atoms. The number of amides is 2. The number of hydrogen-bond acceptors (Lipinski definition) is 4. The fourth-order valence-corrected chi connectivity index (χ4v) is 5.91. The molecule has 1 N–H and O–H groups in total. The molecule has 3 rings (SSSR count). The second kappa shape index (κ2) is 13.3. The lowest BCUT2D eigenvalue weighted by molar-refractivity contribution is -0.140. The second-order valence-electron chi connectivity index (χ2n) is 9.04. The summed E-state index contributed by atoms with van der Waals surface area (Å²) in [5.74, 6) is -0.810. The number of carbonyl (C=O) groups is 2. The summed E-state index contributed by atoms with van der Waals surface area (Å²) < 4.78 is 29.3. The van der Waals surface area contributed by atoms with Crippen LogP contribution in [0.25, 0.3) is 0 Å². The average Bonchev–Trinajstić information content (AvgIpc) is 2.88. The normalized spacial score (nSPS) is 12.2. The summed E-state index contributed by atoms with van der Waals surface area (Å²) >= 11 is 9.44. The van der Waals surface area contributed by atoms with Crippen LogP contribution in [0, 0.1) is 0 Å². The van der Waals surface area contributed by atoms with Crippen molar-refractivity contribution in [2.24, 2.45) is 0 Å². The molecule has 0 radical (unpaired) electrons. The van der Waals surface area contributed by atoms with Crippen LogP contribution in [-0.2, 0) is 26.2 Å². The van der Waals surface area contributed by atoms with E-state index in [1.165, 1.54) is 17.0 Å². The van der Waals surface area contributed by atoms with Crippen LogP contribution in [0.2, 0.25) is 5.02 Å². The summed E-state index contributed by atoms with van der Waals surface area (Å²) in [4.78, 5) is 28.6. The third-order valence-electron chi connectivity index (χ3n) is 5.79. The van der Waals surface area contributed by atoms with E-state index < -0.39 is 28.5 Å². The summed E-state index contributed by atoms with van der Waals surface area (Å²) in [6.07, 6.45) is 0.347. The number of benzene rings is 3. The summed E-state index contributed by atoms with van der Waals surface area (Å²) in [5.41, 5.74) is 1.08. The van der Waals surface area contributed by atoms with E-state index in [2.05, 4.69) is 21.2 Å².